The molecule has 0 aliphatic rings. The Morgan fingerprint density at radius 2 is 1.71 bits per heavy atom. The van der Waals surface area contributed by atoms with Crippen molar-refractivity contribution in [3.05, 3.63) is 12.2 Å². The quantitative estimate of drug-likeness (QED) is 0.428. The smallest absolute Gasteiger partial charge is 0.545 e. The fraction of sp³-hybridized carbons (Fsp3) is 0.727. The number of carbonyl (C=O) groups is 1. The molecule has 0 saturated carbocycles. The first-order chi connectivity index (χ1) is 6.27. The van der Waals surface area contributed by atoms with E-state index in [1.165, 1.54) is 32.1 Å². The van der Waals surface area contributed by atoms with Gasteiger partial charge in [-0.1, -0.05) is 45.1 Å². The van der Waals surface area contributed by atoms with Crippen molar-refractivity contribution in [2.45, 2.75) is 51.9 Å². The second kappa shape index (κ2) is 14.3. The Labute approximate surface area is 146 Å². The van der Waals surface area contributed by atoms with Crippen LogP contribution >= 0.6 is 0 Å². The van der Waals surface area contributed by atoms with Gasteiger partial charge in [0.05, 0.1) is 5.97 Å². The summed E-state index contributed by atoms with van der Waals surface area (Å²) in [5.74, 6) is -1.09. The molecule has 0 rings (SSSR count). The number of aliphatic carboxylic acids is 1. The Morgan fingerprint density at radius 1 is 1.14 bits per heavy atom. The molecule has 0 radical (unpaired) electrons. The molecule has 0 aromatic heterocycles. The van der Waals surface area contributed by atoms with Gasteiger partial charge in [-0.3, -0.25) is 0 Å². The fourth-order valence-electron chi connectivity index (χ4n) is 1.22. The van der Waals surface area contributed by atoms with Gasteiger partial charge in [0, 0.05) is 0 Å². The van der Waals surface area contributed by atoms with E-state index in [0.29, 0.717) is 0 Å². The molecule has 0 unspecified atom stereocenters. The molecule has 0 amide bonds. The van der Waals surface area contributed by atoms with Crippen molar-refractivity contribution in [2.75, 3.05) is 0 Å². The molecule has 2 nitrogen and oxygen atoms in total. The molecule has 0 aromatic carbocycles. The van der Waals surface area contributed by atoms with Crippen LogP contribution in [0, 0.1) is 0 Å². The maximum absolute atomic E-state index is 9.98. The molecule has 0 heterocycles. The summed E-state index contributed by atoms with van der Waals surface area (Å²) in [6.07, 6.45) is 11.1. The van der Waals surface area contributed by atoms with Crippen LogP contribution in [0.15, 0.2) is 12.2 Å². The van der Waals surface area contributed by atoms with E-state index in [2.05, 4.69) is 6.92 Å². The number of allylic oxidation sites excluding steroid dienone is 1. The SMILES string of the molecule is CCCCCCCCC=CC(=O)[O-].[Cs+]. The molecule has 0 saturated heterocycles. The Bertz CT molecular complexity index is 155. The van der Waals surface area contributed by atoms with E-state index in [9.17, 15) is 9.90 Å². The van der Waals surface area contributed by atoms with E-state index in [0.717, 1.165) is 18.9 Å². The van der Waals surface area contributed by atoms with E-state index in [1.54, 1.807) is 6.08 Å². The maximum Gasteiger partial charge on any atom is 1.00 e. The van der Waals surface area contributed by atoms with Crippen LogP contribution < -0.4 is 74.0 Å². The van der Waals surface area contributed by atoms with Crippen LogP contribution in [-0.4, -0.2) is 5.97 Å². The number of carboxylic acid groups (broad SMARTS) is 1. The number of unbranched alkanes of at least 4 members (excludes halogenated alkanes) is 6. The van der Waals surface area contributed by atoms with Gasteiger partial charge in [-0.05, 0) is 18.9 Å². The van der Waals surface area contributed by atoms with E-state index >= 15 is 0 Å². The van der Waals surface area contributed by atoms with Crippen LogP contribution in [0.1, 0.15) is 51.9 Å². The van der Waals surface area contributed by atoms with Crippen LogP contribution in [0.3, 0.4) is 0 Å². The Morgan fingerprint density at radius 3 is 2.29 bits per heavy atom. The van der Waals surface area contributed by atoms with Crippen molar-refractivity contribution in [1.29, 1.82) is 0 Å². The monoisotopic (exact) mass is 316 g/mol. The zero-order chi connectivity index (χ0) is 9.94. The summed E-state index contributed by atoms with van der Waals surface area (Å²) < 4.78 is 0. The second-order valence-corrected chi connectivity index (χ2v) is 3.28. The molecule has 0 N–H and O–H groups in total. The zero-order valence-corrected chi connectivity index (χ0v) is 15.7. The first-order valence-electron chi connectivity index (χ1n) is 5.15. The molecule has 0 fully saturated rings. The van der Waals surface area contributed by atoms with Crippen molar-refractivity contribution in [3.63, 3.8) is 0 Å². The van der Waals surface area contributed by atoms with Crippen molar-refractivity contribution in [3.8, 4) is 0 Å². The van der Waals surface area contributed by atoms with Crippen LogP contribution in [0.4, 0.5) is 0 Å². The third-order valence-electron chi connectivity index (χ3n) is 1.98. The molecule has 0 bridgehead atoms. The van der Waals surface area contributed by atoms with Gasteiger partial charge in [-0.25, -0.2) is 0 Å². The van der Waals surface area contributed by atoms with Crippen LogP contribution in [0.5, 0.6) is 0 Å². The van der Waals surface area contributed by atoms with Crippen LogP contribution in [-0.2, 0) is 4.79 Å². The number of carbonyl (C=O) groups excluding carboxylic acids is 1. The number of hydrogen-bond acceptors (Lipinski definition) is 2. The molecular weight excluding hydrogens is 297 g/mol. The molecule has 0 aromatic rings. The van der Waals surface area contributed by atoms with E-state index in [4.69, 9.17) is 0 Å². The van der Waals surface area contributed by atoms with Crippen molar-refractivity contribution >= 4 is 5.97 Å². The van der Waals surface area contributed by atoms with E-state index < -0.39 is 5.97 Å². The predicted molar refractivity (Wildman–Crippen MR) is 52.1 cm³/mol. The van der Waals surface area contributed by atoms with Crippen LogP contribution in [0.2, 0.25) is 0 Å². The Kier molecular flexibility index (Phi) is 18.0. The van der Waals surface area contributed by atoms with Gasteiger partial charge in [0.15, 0.2) is 0 Å². The maximum atomic E-state index is 9.98. The van der Waals surface area contributed by atoms with E-state index in [1.807, 2.05) is 0 Å². The molecule has 0 aliphatic heterocycles. The van der Waals surface area contributed by atoms with Gasteiger partial charge in [-0.15, -0.1) is 0 Å². The van der Waals surface area contributed by atoms with Crippen LogP contribution in [0.25, 0.3) is 0 Å². The summed E-state index contributed by atoms with van der Waals surface area (Å²) in [4.78, 5) is 9.98. The normalized spacial score (nSPS) is 10.1. The minimum Gasteiger partial charge on any atom is -0.545 e. The molecule has 0 aliphatic carbocycles. The summed E-state index contributed by atoms with van der Waals surface area (Å²) in [5, 5.41) is 9.98. The summed E-state index contributed by atoms with van der Waals surface area (Å²) in [7, 11) is 0. The standard InChI is InChI=1S/C11H20O2.Cs/c1-2-3-4-5-6-7-8-9-10-11(12)13;/h9-10H,2-8H2,1H3,(H,12,13);/q;+1/p-1. The summed E-state index contributed by atoms with van der Waals surface area (Å²) in [5.41, 5.74) is 0. The average Bonchev–Trinajstić information content (AvgIpc) is 2.09. The number of carboxylic acids is 1. The van der Waals surface area contributed by atoms with Gasteiger partial charge >= 0.3 is 68.9 Å². The van der Waals surface area contributed by atoms with Gasteiger partial charge in [0.2, 0.25) is 0 Å². The third kappa shape index (κ3) is 15.7. The fourth-order valence-corrected chi connectivity index (χ4v) is 1.22. The first kappa shape index (κ1) is 17.7. The summed E-state index contributed by atoms with van der Waals surface area (Å²) >= 11 is 0. The summed E-state index contributed by atoms with van der Waals surface area (Å²) in [6.45, 7) is 2.20. The Hall–Kier alpha value is 1.26. The van der Waals surface area contributed by atoms with Gasteiger partial charge in [-0.2, -0.15) is 0 Å². The Balaban J connectivity index is 0. The third-order valence-corrected chi connectivity index (χ3v) is 1.98. The van der Waals surface area contributed by atoms with E-state index in [-0.39, 0.29) is 68.9 Å². The molecule has 14 heavy (non-hydrogen) atoms. The second-order valence-electron chi connectivity index (χ2n) is 3.28. The van der Waals surface area contributed by atoms with Gasteiger partial charge in [0.1, 0.15) is 0 Å². The number of rotatable bonds is 8. The molecule has 76 valence electrons. The predicted octanol–water partition coefficient (Wildman–Crippen LogP) is -0.953. The number of hydrogen-bond donors (Lipinski definition) is 0. The summed E-state index contributed by atoms with van der Waals surface area (Å²) in [6, 6.07) is 0. The topological polar surface area (TPSA) is 40.1 Å². The van der Waals surface area contributed by atoms with Crippen molar-refractivity contribution in [1.82, 2.24) is 0 Å². The van der Waals surface area contributed by atoms with Gasteiger partial charge in [0.25, 0.3) is 0 Å². The van der Waals surface area contributed by atoms with Crippen molar-refractivity contribution in [2.24, 2.45) is 0 Å². The molecular formula is C11H19CsO2. The minimum absolute atomic E-state index is 0. The zero-order valence-electron chi connectivity index (χ0n) is 9.42. The molecule has 0 atom stereocenters. The van der Waals surface area contributed by atoms with Crippen molar-refractivity contribution < 1.29 is 78.8 Å². The largest absolute Gasteiger partial charge is 1.00 e. The first-order valence-corrected chi connectivity index (χ1v) is 5.15. The minimum atomic E-state index is -1.09. The van der Waals surface area contributed by atoms with Gasteiger partial charge < -0.3 is 9.90 Å². The average molecular weight is 316 g/mol. The molecule has 3 heteroatoms. The molecule has 0 spiro atoms.